The fourth-order valence-electron chi connectivity index (χ4n) is 3.16. The van der Waals surface area contributed by atoms with Crippen LogP contribution in [0.5, 0.6) is 5.75 Å². The average Bonchev–Trinajstić information content (AvgIpc) is 2.75. The number of aromatic nitrogens is 1. The summed E-state index contributed by atoms with van der Waals surface area (Å²) in [5, 5.41) is 3.80. The number of para-hydroxylation sites is 3. The normalized spacial score (nSPS) is 10.6. The predicted octanol–water partition coefficient (Wildman–Crippen LogP) is 5.55. The molecule has 1 aromatic heterocycles. The Morgan fingerprint density at radius 2 is 1.64 bits per heavy atom. The number of nitrogens with one attached hydrogen (secondary N) is 1. The summed E-state index contributed by atoms with van der Waals surface area (Å²) < 4.78 is 5.63. The van der Waals surface area contributed by atoms with Gasteiger partial charge < -0.3 is 10.1 Å². The lowest BCUT2D eigenvalue weighted by atomic mass is 10.0. The van der Waals surface area contributed by atoms with Gasteiger partial charge in [0.1, 0.15) is 5.75 Å². The molecule has 0 bridgehead atoms. The topological polar surface area (TPSA) is 51.2 Å². The molecule has 0 spiro atoms. The Balaban J connectivity index is 1.78. The van der Waals surface area contributed by atoms with E-state index in [0.29, 0.717) is 23.6 Å². The standard InChI is InChI=1S/C24H20N2O2/c1-2-28-23-15-9-8-14-21(23)26-24(27)19-16-22(17-10-4-3-5-11-17)25-20-13-7-6-12-18(19)20/h3-16H,2H2,1H3,(H,26,27). The van der Waals surface area contributed by atoms with E-state index in [0.717, 1.165) is 22.2 Å². The molecule has 0 aliphatic rings. The van der Waals surface area contributed by atoms with Crippen molar-refractivity contribution >= 4 is 22.5 Å². The van der Waals surface area contributed by atoms with E-state index in [4.69, 9.17) is 9.72 Å². The Morgan fingerprint density at radius 3 is 2.46 bits per heavy atom. The lowest BCUT2D eigenvalue weighted by molar-refractivity contribution is 0.102. The van der Waals surface area contributed by atoms with Crippen molar-refractivity contribution < 1.29 is 9.53 Å². The molecule has 0 unspecified atom stereocenters. The lowest BCUT2D eigenvalue weighted by Gasteiger charge is -2.13. The van der Waals surface area contributed by atoms with Gasteiger partial charge in [0.2, 0.25) is 0 Å². The molecule has 4 rings (SSSR count). The Labute approximate surface area is 163 Å². The Morgan fingerprint density at radius 1 is 0.929 bits per heavy atom. The number of fused-ring (bicyclic) bond motifs is 1. The van der Waals surface area contributed by atoms with Crippen LogP contribution in [0, 0.1) is 0 Å². The first kappa shape index (κ1) is 17.7. The van der Waals surface area contributed by atoms with Crippen LogP contribution in [0.25, 0.3) is 22.2 Å². The second kappa shape index (κ2) is 7.92. The minimum atomic E-state index is -0.192. The van der Waals surface area contributed by atoms with Crippen LogP contribution in [0.3, 0.4) is 0 Å². The van der Waals surface area contributed by atoms with Crippen LogP contribution in [0.4, 0.5) is 5.69 Å². The SMILES string of the molecule is CCOc1ccccc1NC(=O)c1cc(-c2ccccc2)nc2ccccc12. The van der Waals surface area contributed by atoms with Gasteiger partial charge in [-0.05, 0) is 31.2 Å². The maximum atomic E-state index is 13.2. The van der Waals surface area contributed by atoms with Crippen molar-refractivity contribution in [2.45, 2.75) is 6.92 Å². The van der Waals surface area contributed by atoms with Gasteiger partial charge in [-0.2, -0.15) is 0 Å². The van der Waals surface area contributed by atoms with E-state index in [1.165, 1.54) is 0 Å². The molecule has 0 saturated carbocycles. The van der Waals surface area contributed by atoms with E-state index < -0.39 is 0 Å². The molecule has 1 heterocycles. The molecule has 0 aliphatic heterocycles. The number of carbonyl (C=O) groups is 1. The van der Waals surface area contributed by atoms with E-state index in [9.17, 15) is 4.79 Å². The van der Waals surface area contributed by atoms with Crippen molar-refractivity contribution in [3.05, 3.63) is 90.5 Å². The molecule has 0 atom stereocenters. The predicted molar refractivity (Wildman–Crippen MR) is 113 cm³/mol. The molecule has 1 amide bonds. The zero-order chi connectivity index (χ0) is 19.3. The fraction of sp³-hybridized carbons (Fsp3) is 0.0833. The molecular weight excluding hydrogens is 348 g/mol. The molecule has 4 aromatic rings. The number of anilines is 1. The fourth-order valence-corrected chi connectivity index (χ4v) is 3.16. The first-order valence-electron chi connectivity index (χ1n) is 9.24. The van der Waals surface area contributed by atoms with Crippen molar-refractivity contribution in [2.75, 3.05) is 11.9 Å². The molecule has 138 valence electrons. The average molecular weight is 368 g/mol. The highest BCUT2D eigenvalue weighted by Gasteiger charge is 2.15. The Hall–Kier alpha value is -3.66. The summed E-state index contributed by atoms with van der Waals surface area (Å²) in [4.78, 5) is 17.9. The number of nitrogens with zero attached hydrogens (tertiary/aromatic N) is 1. The summed E-state index contributed by atoms with van der Waals surface area (Å²) in [5.41, 5.74) is 3.75. The van der Waals surface area contributed by atoms with Crippen LogP contribution in [-0.2, 0) is 0 Å². The molecular formula is C24H20N2O2. The van der Waals surface area contributed by atoms with E-state index >= 15 is 0 Å². The maximum absolute atomic E-state index is 13.2. The van der Waals surface area contributed by atoms with Crippen molar-refractivity contribution in [1.82, 2.24) is 4.98 Å². The van der Waals surface area contributed by atoms with Gasteiger partial charge in [0, 0.05) is 10.9 Å². The van der Waals surface area contributed by atoms with Crippen LogP contribution in [0.15, 0.2) is 84.9 Å². The highest BCUT2D eigenvalue weighted by atomic mass is 16.5. The summed E-state index contributed by atoms with van der Waals surface area (Å²) in [5.74, 6) is 0.461. The van der Waals surface area contributed by atoms with E-state index in [2.05, 4.69) is 5.32 Å². The van der Waals surface area contributed by atoms with E-state index in [1.807, 2.05) is 91.9 Å². The number of rotatable bonds is 5. The largest absolute Gasteiger partial charge is 0.492 e. The molecule has 0 fully saturated rings. The van der Waals surface area contributed by atoms with Gasteiger partial charge in [0.05, 0.1) is 29.1 Å². The summed E-state index contributed by atoms with van der Waals surface area (Å²) >= 11 is 0. The number of amides is 1. The number of benzene rings is 3. The van der Waals surface area contributed by atoms with E-state index in [-0.39, 0.29) is 5.91 Å². The lowest BCUT2D eigenvalue weighted by Crippen LogP contribution is -2.14. The number of ether oxygens (including phenoxy) is 1. The van der Waals surface area contributed by atoms with Gasteiger partial charge in [-0.1, -0.05) is 60.7 Å². The second-order valence-electron chi connectivity index (χ2n) is 6.32. The van der Waals surface area contributed by atoms with Crippen LogP contribution < -0.4 is 10.1 Å². The first-order chi connectivity index (χ1) is 13.8. The molecule has 3 aromatic carbocycles. The highest BCUT2D eigenvalue weighted by Crippen LogP contribution is 2.28. The van der Waals surface area contributed by atoms with Gasteiger partial charge in [0.15, 0.2) is 0 Å². The zero-order valence-corrected chi connectivity index (χ0v) is 15.6. The smallest absolute Gasteiger partial charge is 0.256 e. The minimum absolute atomic E-state index is 0.192. The number of pyridine rings is 1. The third kappa shape index (κ3) is 3.58. The quantitative estimate of drug-likeness (QED) is 0.502. The highest BCUT2D eigenvalue weighted by molar-refractivity contribution is 6.13. The third-order valence-corrected chi connectivity index (χ3v) is 4.47. The van der Waals surface area contributed by atoms with Crippen LogP contribution in [0.2, 0.25) is 0 Å². The molecule has 4 nitrogen and oxygen atoms in total. The monoisotopic (exact) mass is 368 g/mol. The summed E-state index contributed by atoms with van der Waals surface area (Å²) in [6.07, 6.45) is 0. The van der Waals surface area contributed by atoms with Crippen LogP contribution in [0.1, 0.15) is 17.3 Å². The minimum Gasteiger partial charge on any atom is -0.492 e. The molecule has 0 radical (unpaired) electrons. The first-order valence-corrected chi connectivity index (χ1v) is 9.24. The summed E-state index contributed by atoms with van der Waals surface area (Å²) in [6.45, 7) is 2.45. The third-order valence-electron chi connectivity index (χ3n) is 4.47. The number of carbonyl (C=O) groups excluding carboxylic acids is 1. The van der Waals surface area contributed by atoms with Gasteiger partial charge >= 0.3 is 0 Å². The Kier molecular flexibility index (Phi) is 5.02. The molecule has 28 heavy (non-hydrogen) atoms. The molecule has 0 saturated heterocycles. The number of hydrogen-bond acceptors (Lipinski definition) is 3. The van der Waals surface area contributed by atoms with Crippen molar-refractivity contribution in [1.29, 1.82) is 0 Å². The molecule has 1 N–H and O–H groups in total. The maximum Gasteiger partial charge on any atom is 0.256 e. The zero-order valence-electron chi connectivity index (χ0n) is 15.6. The van der Waals surface area contributed by atoms with Crippen LogP contribution in [-0.4, -0.2) is 17.5 Å². The second-order valence-corrected chi connectivity index (χ2v) is 6.32. The summed E-state index contributed by atoms with van der Waals surface area (Å²) in [7, 11) is 0. The van der Waals surface area contributed by atoms with Gasteiger partial charge in [-0.25, -0.2) is 4.98 Å². The summed E-state index contributed by atoms with van der Waals surface area (Å²) in [6, 6.07) is 26.8. The van der Waals surface area contributed by atoms with Crippen molar-refractivity contribution in [3.63, 3.8) is 0 Å². The van der Waals surface area contributed by atoms with Gasteiger partial charge in [-0.15, -0.1) is 0 Å². The van der Waals surface area contributed by atoms with Gasteiger partial charge in [0.25, 0.3) is 5.91 Å². The molecule has 4 heteroatoms. The van der Waals surface area contributed by atoms with Crippen LogP contribution >= 0.6 is 0 Å². The van der Waals surface area contributed by atoms with Crippen molar-refractivity contribution in [3.8, 4) is 17.0 Å². The van der Waals surface area contributed by atoms with Gasteiger partial charge in [-0.3, -0.25) is 4.79 Å². The van der Waals surface area contributed by atoms with E-state index in [1.54, 1.807) is 0 Å². The van der Waals surface area contributed by atoms with Crippen molar-refractivity contribution in [2.24, 2.45) is 0 Å². The Bertz CT molecular complexity index is 1120. The molecule has 0 aliphatic carbocycles. The number of hydrogen-bond donors (Lipinski definition) is 1.